The molecule has 1 atom stereocenters. The Balaban J connectivity index is 1.38. The van der Waals surface area contributed by atoms with Gasteiger partial charge in [-0.25, -0.2) is 0 Å². The summed E-state index contributed by atoms with van der Waals surface area (Å²) < 4.78 is 5.43. The largest absolute Gasteiger partial charge is 0.379 e. The fourth-order valence-electron chi connectivity index (χ4n) is 4.00. The van der Waals surface area contributed by atoms with Crippen molar-refractivity contribution < 1.29 is 9.53 Å². The van der Waals surface area contributed by atoms with Gasteiger partial charge in [-0.1, -0.05) is 18.2 Å². The molecule has 2 heterocycles. The van der Waals surface area contributed by atoms with Gasteiger partial charge in [0.25, 0.3) is 0 Å². The molecule has 2 saturated heterocycles. The highest BCUT2D eigenvalue weighted by Gasteiger charge is 2.21. The van der Waals surface area contributed by atoms with Gasteiger partial charge in [-0.3, -0.25) is 14.7 Å². The summed E-state index contributed by atoms with van der Waals surface area (Å²) in [6.45, 7) is 13.2. The number of guanidine groups is 1. The summed E-state index contributed by atoms with van der Waals surface area (Å²) in [5.41, 5.74) is 1.23. The maximum atomic E-state index is 12.6. The third-order valence-electron chi connectivity index (χ3n) is 5.91. The molecule has 2 N–H and O–H groups in total. The van der Waals surface area contributed by atoms with Crippen molar-refractivity contribution in [2.24, 2.45) is 4.99 Å². The molecule has 0 spiro atoms. The lowest BCUT2D eigenvalue weighted by Gasteiger charge is -2.36. The fraction of sp³-hybridized carbons (Fsp3) is 0.652. The summed E-state index contributed by atoms with van der Waals surface area (Å²) in [6, 6.07) is 10.8. The van der Waals surface area contributed by atoms with E-state index < -0.39 is 0 Å². The summed E-state index contributed by atoms with van der Waals surface area (Å²) in [7, 11) is 0. The predicted octanol–water partition coefficient (Wildman–Crippen LogP) is 1.00. The number of rotatable bonds is 8. The molecule has 8 heteroatoms. The van der Waals surface area contributed by atoms with Gasteiger partial charge >= 0.3 is 0 Å². The number of nitrogens with zero attached hydrogens (tertiary/aromatic N) is 4. The molecule has 1 amide bonds. The van der Waals surface area contributed by atoms with Crippen LogP contribution in [0, 0.1) is 0 Å². The number of hydrogen-bond acceptors (Lipinski definition) is 5. The second-order valence-corrected chi connectivity index (χ2v) is 8.10. The zero-order chi connectivity index (χ0) is 21.9. The first-order valence-corrected chi connectivity index (χ1v) is 11.6. The summed E-state index contributed by atoms with van der Waals surface area (Å²) in [5.74, 6) is 0.988. The maximum Gasteiger partial charge on any atom is 0.224 e. The van der Waals surface area contributed by atoms with Gasteiger partial charge in [0.1, 0.15) is 0 Å². The molecule has 1 unspecified atom stereocenters. The van der Waals surface area contributed by atoms with Crippen LogP contribution in [-0.2, 0) is 9.53 Å². The van der Waals surface area contributed by atoms with Gasteiger partial charge in [0.15, 0.2) is 5.96 Å². The molecule has 0 saturated carbocycles. The molecular formula is C23H38N6O2. The molecular weight excluding hydrogens is 392 g/mol. The lowest BCUT2D eigenvalue weighted by molar-refractivity contribution is -0.131. The van der Waals surface area contributed by atoms with Crippen LogP contribution in [0.2, 0.25) is 0 Å². The number of nitrogens with one attached hydrogen (secondary N) is 2. The van der Waals surface area contributed by atoms with Crippen molar-refractivity contribution in [1.29, 1.82) is 0 Å². The summed E-state index contributed by atoms with van der Waals surface area (Å²) in [5, 5.41) is 6.60. The van der Waals surface area contributed by atoms with Crippen LogP contribution in [0.3, 0.4) is 0 Å². The molecule has 172 valence electrons. The van der Waals surface area contributed by atoms with Crippen molar-refractivity contribution in [3.63, 3.8) is 0 Å². The summed E-state index contributed by atoms with van der Waals surface area (Å²) in [4.78, 5) is 24.1. The minimum atomic E-state index is 0.206. The van der Waals surface area contributed by atoms with Crippen molar-refractivity contribution in [2.45, 2.75) is 26.3 Å². The van der Waals surface area contributed by atoms with Gasteiger partial charge in [0, 0.05) is 70.5 Å². The highest BCUT2D eigenvalue weighted by atomic mass is 16.5. The van der Waals surface area contributed by atoms with E-state index in [-0.39, 0.29) is 5.91 Å². The van der Waals surface area contributed by atoms with Gasteiger partial charge in [0.05, 0.1) is 19.8 Å². The van der Waals surface area contributed by atoms with E-state index in [9.17, 15) is 4.79 Å². The maximum absolute atomic E-state index is 12.6. The van der Waals surface area contributed by atoms with E-state index >= 15 is 0 Å². The van der Waals surface area contributed by atoms with Gasteiger partial charge < -0.3 is 25.2 Å². The van der Waals surface area contributed by atoms with Crippen LogP contribution < -0.4 is 15.5 Å². The third-order valence-corrected chi connectivity index (χ3v) is 5.91. The van der Waals surface area contributed by atoms with Gasteiger partial charge in [-0.2, -0.15) is 0 Å². The molecule has 0 bridgehead atoms. The van der Waals surface area contributed by atoms with Gasteiger partial charge in [0.2, 0.25) is 5.91 Å². The number of para-hydroxylation sites is 1. The van der Waals surface area contributed by atoms with Crippen molar-refractivity contribution in [2.75, 3.05) is 77.0 Å². The number of piperazine rings is 1. The van der Waals surface area contributed by atoms with Crippen LogP contribution in [0.15, 0.2) is 35.3 Å². The van der Waals surface area contributed by atoms with Gasteiger partial charge in [-0.15, -0.1) is 0 Å². The molecule has 0 aromatic heterocycles. The van der Waals surface area contributed by atoms with Crippen LogP contribution in [0.4, 0.5) is 5.69 Å². The zero-order valence-electron chi connectivity index (χ0n) is 19.1. The average Bonchev–Trinajstić information content (AvgIpc) is 2.83. The molecule has 3 rings (SSSR count). The number of anilines is 1. The molecule has 0 radical (unpaired) electrons. The molecule has 8 nitrogen and oxygen atoms in total. The Morgan fingerprint density at radius 1 is 1.06 bits per heavy atom. The zero-order valence-corrected chi connectivity index (χ0v) is 19.1. The normalized spacial score (nSPS) is 19.2. The standard InChI is InChI=1S/C23H38N6O2/c1-3-24-23(26-19-20(2)27-15-17-31-18-16-27)25-10-9-22(30)29-13-11-28(12-14-29)21-7-5-4-6-8-21/h4-8,20H,3,9-19H2,1-2H3,(H2,24,25,26). The van der Waals surface area contributed by atoms with Crippen LogP contribution in [0.5, 0.6) is 0 Å². The predicted molar refractivity (Wildman–Crippen MR) is 126 cm³/mol. The number of carbonyl (C=O) groups excluding carboxylic acids is 1. The van der Waals surface area contributed by atoms with E-state index in [1.54, 1.807) is 0 Å². The molecule has 2 aliphatic heterocycles. The Labute approximate surface area is 186 Å². The molecule has 2 aliphatic rings. The average molecular weight is 431 g/mol. The van der Waals surface area contributed by atoms with E-state index in [1.807, 2.05) is 11.0 Å². The number of amides is 1. The number of hydrogen-bond donors (Lipinski definition) is 2. The first kappa shape index (κ1) is 23.3. The minimum Gasteiger partial charge on any atom is -0.379 e. The second-order valence-electron chi connectivity index (χ2n) is 8.10. The minimum absolute atomic E-state index is 0.206. The molecule has 2 fully saturated rings. The van der Waals surface area contributed by atoms with Crippen molar-refractivity contribution in [3.05, 3.63) is 30.3 Å². The van der Waals surface area contributed by atoms with E-state index in [4.69, 9.17) is 9.73 Å². The molecule has 1 aromatic carbocycles. The van der Waals surface area contributed by atoms with Crippen LogP contribution in [-0.4, -0.2) is 99.8 Å². The van der Waals surface area contributed by atoms with Gasteiger partial charge in [-0.05, 0) is 26.0 Å². The van der Waals surface area contributed by atoms with Crippen molar-refractivity contribution >= 4 is 17.6 Å². The monoisotopic (exact) mass is 430 g/mol. The fourth-order valence-corrected chi connectivity index (χ4v) is 4.00. The third kappa shape index (κ3) is 7.40. The molecule has 0 aliphatic carbocycles. The van der Waals surface area contributed by atoms with E-state index in [1.165, 1.54) is 5.69 Å². The highest BCUT2D eigenvalue weighted by molar-refractivity contribution is 5.81. The second kappa shape index (κ2) is 12.5. The summed E-state index contributed by atoms with van der Waals surface area (Å²) in [6.07, 6.45) is 0.481. The van der Waals surface area contributed by atoms with Crippen LogP contribution in [0.25, 0.3) is 0 Å². The quantitative estimate of drug-likeness (QED) is 0.474. The van der Waals surface area contributed by atoms with Crippen molar-refractivity contribution in [3.8, 4) is 0 Å². The SMILES string of the molecule is CCNC(=NCC(C)N1CCOCC1)NCCC(=O)N1CCN(c2ccccc2)CC1. The molecule has 1 aromatic rings. The number of carbonyl (C=O) groups is 1. The van der Waals surface area contributed by atoms with E-state index in [2.05, 4.69) is 58.5 Å². The Morgan fingerprint density at radius 2 is 1.77 bits per heavy atom. The number of aliphatic imine (C=N–C) groups is 1. The first-order valence-electron chi connectivity index (χ1n) is 11.6. The first-order chi connectivity index (χ1) is 15.2. The van der Waals surface area contributed by atoms with Crippen LogP contribution >= 0.6 is 0 Å². The Hall–Kier alpha value is -2.32. The summed E-state index contributed by atoms with van der Waals surface area (Å²) >= 11 is 0. The number of benzene rings is 1. The Kier molecular flexibility index (Phi) is 9.42. The lowest BCUT2D eigenvalue weighted by Crippen LogP contribution is -2.49. The van der Waals surface area contributed by atoms with E-state index in [0.29, 0.717) is 19.0 Å². The van der Waals surface area contributed by atoms with Crippen molar-refractivity contribution in [1.82, 2.24) is 20.4 Å². The molecule has 31 heavy (non-hydrogen) atoms. The Bertz CT molecular complexity index is 685. The number of ether oxygens (including phenoxy) is 1. The van der Waals surface area contributed by atoms with E-state index in [0.717, 1.165) is 71.5 Å². The number of morpholine rings is 1. The Morgan fingerprint density at radius 3 is 2.45 bits per heavy atom. The van der Waals surface area contributed by atoms with Crippen LogP contribution in [0.1, 0.15) is 20.3 Å². The lowest BCUT2D eigenvalue weighted by atomic mass is 10.2. The highest BCUT2D eigenvalue weighted by Crippen LogP contribution is 2.15. The topological polar surface area (TPSA) is 72.4 Å². The smallest absolute Gasteiger partial charge is 0.224 e.